The third kappa shape index (κ3) is 5.70. The van der Waals surface area contributed by atoms with E-state index in [1.54, 1.807) is 0 Å². The van der Waals surface area contributed by atoms with Gasteiger partial charge < -0.3 is 18.6 Å². The molecule has 0 aliphatic heterocycles. The highest BCUT2D eigenvalue weighted by molar-refractivity contribution is 7.26. The summed E-state index contributed by atoms with van der Waals surface area (Å²) in [5.41, 5.74) is 10.1. The first-order valence-electron chi connectivity index (χ1n) is 21.3. The molecule has 65 heavy (non-hydrogen) atoms. The number of thiophene rings is 1. The number of nitrogens with zero attached hydrogens (tertiary/aromatic N) is 4. The molecule has 0 spiro atoms. The smallest absolute Gasteiger partial charge is 0.159 e. The van der Waals surface area contributed by atoms with Gasteiger partial charge in [0.1, 0.15) is 11.2 Å². The van der Waals surface area contributed by atoms with Crippen LogP contribution in [0.3, 0.4) is 0 Å². The lowest BCUT2D eigenvalue weighted by atomic mass is 9.98. The Morgan fingerprint density at radius 2 is 0.785 bits per heavy atom. The first kappa shape index (κ1) is 36.7. The number of anilines is 6. The Morgan fingerprint density at radius 3 is 1.23 bits per heavy atom. The maximum Gasteiger partial charge on any atom is 0.159 e. The second-order valence-electron chi connectivity index (χ2n) is 16.3. The average molecular weight is 849 g/mol. The van der Waals surface area contributed by atoms with Gasteiger partial charge in [0, 0.05) is 64.5 Å². The van der Waals surface area contributed by atoms with Crippen molar-refractivity contribution in [1.82, 2.24) is 0 Å². The van der Waals surface area contributed by atoms with Gasteiger partial charge in [0.15, 0.2) is 11.2 Å². The predicted molar refractivity (Wildman–Crippen MR) is 268 cm³/mol. The summed E-state index contributed by atoms with van der Waals surface area (Å²) in [5.74, 6) is 0. The Balaban J connectivity index is 0.983. The van der Waals surface area contributed by atoms with Crippen LogP contribution in [0.15, 0.2) is 203 Å². The molecule has 0 atom stereocenters. The second kappa shape index (κ2) is 14.3. The van der Waals surface area contributed by atoms with Crippen molar-refractivity contribution in [1.29, 1.82) is 10.5 Å². The minimum atomic E-state index is 0.603. The fourth-order valence-corrected chi connectivity index (χ4v) is 10.9. The van der Waals surface area contributed by atoms with Gasteiger partial charge in [-0.2, -0.15) is 10.5 Å². The monoisotopic (exact) mass is 848 g/mol. The van der Waals surface area contributed by atoms with E-state index in [2.05, 4.69) is 131 Å². The summed E-state index contributed by atoms with van der Waals surface area (Å²) in [6.07, 6.45) is 0. The molecule has 10 aromatic carbocycles. The van der Waals surface area contributed by atoms with E-state index in [0.29, 0.717) is 11.1 Å². The molecule has 0 aliphatic rings. The second-order valence-corrected chi connectivity index (χ2v) is 17.4. The number of nitriles is 2. The zero-order valence-corrected chi connectivity index (χ0v) is 35.3. The van der Waals surface area contributed by atoms with Crippen LogP contribution in [0, 0.1) is 22.7 Å². The first-order valence-corrected chi connectivity index (χ1v) is 22.2. The highest BCUT2D eigenvalue weighted by atomic mass is 32.1. The van der Waals surface area contributed by atoms with E-state index in [1.807, 2.05) is 96.3 Å². The number of rotatable bonds is 6. The number of fused-ring (bicyclic) bond motifs is 13. The van der Waals surface area contributed by atoms with Gasteiger partial charge in [-0.3, -0.25) is 0 Å². The highest BCUT2D eigenvalue weighted by Gasteiger charge is 2.23. The van der Waals surface area contributed by atoms with Crippen molar-refractivity contribution >= 4 is 131 Å². The van der Waals surface area contributed by atoms with Crippen LogP contribution >= 0.6 is 11.3 Å². The number of hydrogen-bond donors (Lipinski definition) is 0. The van der Waals surface area contributed by atoms with E-state index in [1.165, 1.54) is 30.9 Å². The Hall–Kier alpha value is -8.88. The van der Waals surface area contributed by atoms with Crippen molar-refractivity contribution in [3.05, 3.63) is 205 Å². The molecule has 6 nitrogen and oxygen atoms in total. The van der Waals surface area contributed by atoms with Crippen LogP contribution in [-0.4, -0.2) is 0 Å². The Bertz CT molecular complexity index is 3900. The van der Waals surface area contributed by atoms with Crippen LogP contribution in [0.5, 0.6) is 0 Å². The van der Waals surface area contributed by atoms with Crippen molar-refractivity contribution < 1.29 is 8.83 Å². The van der Waals surface area contributed by atoms with E-state index in [0.717, 1.165) is 88.8 Å². The summed E-state index contributed by atoms with van der Waals surface area (Å²) < 4.78 is 15.6. The van der Waals surface area contributed by atoms with Gasteiger partial charge in [-0.05, 0) is 131 Å². The molecule has 0 saturated carbocycles. The number of para-hydroxylation sites is 4. The summed E-state index contributed by atoms with van der Waals surface area (Å²) in [6, 6.07) is 71.2. The van der Waals surface area contributed by atoms with Crippen LogP contribution in [-0.2, 0) is 0 Å². The molecule has 13 aromatic rings. The van der Waals surface area contributed by atoms with E-state index in [9.17, 15) is 10.5 Å². The van der Waals surface area contributed by atoms with Crippen molar-refractivity contribution in [3.8, 4) is 12.1 Å². The summed E-state index contributed by atoms with van der Waals surface area (Å²) in [5, 5.41) is 30.6. The fourth-order valence-electron chi connectivity index (χ4n) is 9.72. The molecule has 7 heteroatoms. The quantitative estimate of drug-likeness (QED) is 0.166. The van der Waals surface area contributed by atoms with Gasteiger partial charge in [0.2, 0.25) is 0 Å². The number of hydrogen-bond acceptors (Lipinski definition) is 7. The lowest BCUT2D eigenvalue weighted by Gasteiger charge is -2.26. The first-order chi connectivity index (χ1) is 32.1. The van der Waals surface area contributed by atoms with Crippen molar-refractivity contribution in [3.63, 3.8) is 0 Å². The predicted octanol–water partition coefficient (Wildman–Crippen LogP) is 16.8. The van der Waals surface area contributed by atoms with Gasteiger partial charge in [-0.25, -0.2) is 0 Å². The van der Waals surface area contributed by atoms with Gasteiger partial charge in [-0.1, -0.05) is 84.9 Å². The fraction of sp³-hybridized carbons (Fsp3) is 0. The van der Waals surface area contributed by atoms with E-state index in [4.69, 9.17) is 8.83 Å². The molecule has 3 aromatic heterocycles. The van der Waals surface area contributed by atoms with Gasteiger partial charge >= 0.3 is 0 Å². The molecule has 0 N–H and O–H groups in total. The van der Waals surface area contributed by atoms with Crippen LogP contribution in [0.2, 0.25) is 0 Å². The van der Waals surface area contributed by atoms with Gasteiger partial charge in [-0.15, -0.1) is 11.3 Å². The summed E-state index contributed by atoms with van der Waals surface area (Å²) in [4.78, 5) is 4.45. The maximum absolute atomic E-state index is 9.67. The Morgan fingerprint density at radius 1 is 0.369 bits per heavy atom. The molecule has 0 bridgehead atoms. The SMILES string of the molecule is N#Cc1ccc(N(c2ccc3c(ccc4sc5ccc6cc(N(c7ccc(C#N)cc7)c7cccc8c7oc7ccccc78)ccc6c5c43)c2)c2cccc3c2oc2ccccc23)cc1. The summed E-state index contributed by atoms with van der Waals surface area (Å²) >= 11 is 1.82. The summed E-state index contributed by atoms with van der Waals surface area (Å²) in [7, 11) is 0. The summed E-state index contributed by atoms with van der Waals surface area (Å²) in [6.45, 7) is 0. The zero-order chi connectivity index (χ0) is 43.2. The third-order valence-electron chi connectivity index (χ3n) is 12.7. The standard InChI is InChI=1S/C58H32N4O2S/c59-33-35-15-21-39(22-16-35)61(49-11-5-9-47-45-7-1-3-13-51(45)63-57(47)49)41-25-27-43-37(31-41)19-29-53-55(43)56-44-28-26-42(32-38(44)20-30-54(56)65-53)62(40-23-17-36(34-60)18-24-40)50-12-6-10-48-46-8-2-4-14-52(46)64-58(48)50/h1-32H. The molecular weight excluding hydrogens is 817 g/mol. The molecular formula is C58H32N4O2S. The average Bonchev–Trinajstić information content (AvgIpc) is 4.07. The van der Waals surface area contributed by atoms with Crippen molar-refractivity contribution in [2.75, 3.05) is 9.80 Å². The van der Waals surface area contributed by atoms with E-state index in [-0.39, 0.29) is 0 Å². The molecule has 0 amide bonds. The van der Waals surface area contributed by atoms with Gasteiger partial charge in [0.25, 0.3) is 0 Å². The molecule has 302 valence electrons. The number of benzene rings is 10. The third-order valence-corrected chi connectivity index (χ3v) is 13.8. The van der Waals surface area contributed by atoms with Crippen LogP contribution in [0.4, 0.5) is 34.1 Å². The maximum atomic E-state index is 9.67. The molecule has 0 aliphatic carbocycles. The highest BCUT2D eigenvalue weighted by Crippen LogP contribution is 2.48. The van der Waals surface area contributed by atoms with Gasteiger partial charge in [0.05, 0.1) is 34.6 Å². The molecule has 3 heterocycles. The Kier molecular flexibility index (Phi) is 8.10. The molecule has 0 fully saturated rings. The van der Waals surface area contributed by atoms with Crippen LogP contribution < -0.4 is 9.80 Å². The normalized spacial score (nSPS) is 11.7. The van der Waals surface area contributed by atoms with E-state index >= 15 is 0 Å². The van der Waals surface area contributed by atoms with Crippen molar-refractivity contribution in [2.45, 2.75) is 0 Å². The van der Waals surface area contributed by atoms with E-state index < -0.39 is 0 Å². The van der Waals surface area contributed by atoms with Crippen LogP contribution in [0.1, 0.15) is 11.1 Å². The molecule has 13 rings (SSSR count). The largest absolute Gasteiger partial charge is 0.454 e. The number of furan rings is 2. The van der Waals surface area contributed by atoms with Crippen LogP contribution in [0.25, 0.3) is 85.6 Å². The topological polar surface area (TPSA) is 80.3 Å². The zero-order valence-electron chi connectivity index (χ0n) is 34.5. The lowest BCUT2D eigenvalue weighted by Crippen LogP contribution is -2.10. The Labute approximate surface area is 375 Å². The minimum absolute atomic E-state index is 0.603. The molecule has 0 saturated heterocycles. The molecule has 0 radical (unpaired) electrons. The lowest BCUT2D eigenvalue weighted by molar-refractivity contribution is 0.668. The van der Waals surface area contributed by atoms with Crippen molar-refractivity contribution in [2.24, 2.45) is 0 Å². The molecule has 0 unspecified atom stereocenters. The minimum Gasteiger partial charge on any atom is -0.454 e.